The number of aromatic nitrogens is 3. The summed E-state index contributed by atoms with van der Waals surface area (Å²) in [5, 5.41) is 9.95. The van der Waals surface area contributed by atoms with Crippen molar-refractivity contribution < 1.29 is 9.59 Å². The Hall–Kier alpha value is -1.86. The molecular weight excluding hydrogens is 420 g/mol. The Labute approximate surface area is 186 Å². The standard InChI is InChI=1S/C22H27ClN4O2S/c1-3-27-20(15-11-12-15)24-25-21(27)30-14-19(29)26(2)22(13-7-6-10-18(22)28)16-8-4-5-9-17(16)23/h4-5,8-9,15H,3,6-7,10-14H2,1-2H3. The van der Waals surface area contributed by atoms with Crippen LogP contribution in [0.2, 0.25) is 5.02 Å². The van der Waals surface area contributed by atoms with Crippen LogP contribution in [0.5, 0.6) is 0 Å². The van der Waals surface area contributed by atoms with Crippen LogP contribution in [0.25, 0.3) is 0 Å². The van der Waals surface area contributed by atoms with Crippen LogP contribution in [0.1, 0.15) is 62.8 Å². The van der Waals surface area contributed by atoms with E-state index in [1.807, 2.05) is 18.2 Å². The first-order chi connectivity index (χ1) is 14.5. The molecule has 0 bridgehead atoms. The Morgan fingerprint density at radius 1 is 1.30 bits per heavy atom. The zero-order chi connectivity index (χ0) is 21.3. The highest BCUT2D eigenvalue weighted by molar-refractivity contribution is 7.99. The van der Waals surface area contributed by atoms with Crippen LogP contribution in [-0.4, -0.2) is 44.2 Å². The Balaban J connectivity index is 1.56. The van der Waals surface area contributed by atoms with E-state index in [-0.39, 0.29) is 17.4 Å². The number of amides is 1. The minimum atomic E-state index is -0.994. The highest BCUT2D eigenvalue weighted by Crippen LogP contribution is 2.43. The molecule has 2 aliphatic carbocycles. The summed E-state index contributed by atoms with van der Waals surface area (Å²) in [6.45, 7) is 2.85. The van der Waals surface area contributed by atoms with Gasteiger partial charge in [0.2, 0.25) is 5.91 Å². The van der Waals surface area contributed by atoms with Gasteiger partial charge >= 0.3 is 0 Å². The fourth-order valence-electron chi connectivity index (χ4n) is 4.41. The van der Waals surface area contributed by atoms with Crippen molar-refractivity contribution in [3.63, 3.8) is 0 Å². The van der Waals surface area contributed by atoms with Crippen LogP contribution in [0.15, 0.2) is 29.4 Å². The average Bonchev–Trinajstić information content (AvgIpc) is 3.52. The zero-order valence-corrected chi connectivity index (χ0v) is 19.0. The fourth-order valence-corrected chi connectivity index (χ4v) is 5.63. The second kappa shape index (κ2) is 8.71. The Bertz CT molecular complexity index is 958. The number of rotatable bonds is 7. The average molecular weight is 447 g/mol. The lowest BCUT2D eigenvalue weighted by Gasteiger charge is -2.44. The number of Topliss-reactive ketones (excluding diaryl/α,β-unsaturated/α-hetero) is 1. The van der Waals surface area contributed by atoms with Crippen molar-refractivity contribution in [2.45, 2.75) is 68.6 Å². The summed E-state index contributed by atoms with van der Waals surface area (Å²) in [6.07, 6.45) is 5.12. The number of benzene rings is 1. The molecule has 1 heterocycles. The van der Waals surface area contributed by atoms with Crippen molar-refractivity contribution in [2.24, 2.45) is 0 Å². The Morgan fingerprint density at radius 2 is 2.07 bits per heavy atom. The molecule has 6 nitrogen and oxygen atoms in total. The normalized spacial score (nSPS) is 21.6. The van der Waals surface area contributed by atoms with Crippen LogP contribution >= 0.6 is 23.4 Å². The number of likely N-dealkylation sites (N-methyl/N-ethyl adjacent to an activating group) is 1. The van der Waals surface area contributed by atoms with Crippen LogP contribution in [0.4, 0.5) is 0 Å². The number of hydrogen-bond donors (Lipinski definition) is 0. The third kappa shape index (κ3) is 3.78. The number of carbonyl (C=O) groups is 2. The van der Waals surface area contributed by atoms with E-state index in [1.54, 1.807) is 18.0 Å². The predicted octanol–water partition coefficient (Wildman–Crippen LogP) is 4.42. The van der Waals surface area contributed by atoms with Gasteiger partial charge in [0.1, 0.15) is 11.4 Å². The van der Waals surface area contributed by atoms with Gasteiger partial charge in [0.25, 0.3) is 0 Å². The second-order valence-electron chi connectivity index (χ2n) is 8.07. The number of halogens is 1. The first kappa shape index (κ1) is 21.4. The van der Waals surface area contributed by atoms with Crippen LogP contribution in [0, 0.1) is 0 Å². The molecule has 1 aromatic heterocycles. The van der Waals surface area contributed by atoms with Crippen LogP contribution < -0.4 is 0 Å². The monoisotopic (exact) mass is 446 g/mol. The van der Waals surface area contributed by atoms with Crippen molar-refractivity contribution in [1.82, 2.24) is 19.7 Å². The van der Waals surface area contributed by atoms with Crippen LogP contribution in [0.3, 0.4) is 0 Å². The molecule has 0 spiro atoms. The van der Waals surface area contributed by atoms with Gasteiger partial charge in [-0.15, -0.1) is 10.2 Å². The van der Waals surface area contributed by atoms with E-state index >= 15 is 0 Å². The number of carbonyl (C=O) groups excluding carboxylic acids is 2. The van der Waals surface area contributed by atoms with E-state index in [9.17, 15) is 9.59 Å². The van der Waals surface area contributed by atoms with Crippen molar-refractivity contribution in [3.8, 4) is 0 Å². The summed E-state index contributed by atoms with van der Waals surface area (Å²) in [4.78, 5) is 28.1. The number of nitrogens with zero attached hydrogens (tertiary/aromatic N) is 4. The molecule has 8 heteroatoms. The van der Waals surface area contributed by atoms with Crippen molar-refractivity contribution in [3.05, 3.63) is 40.7 Å². The Kier molecular flexibility index (Phi) is 6.21. The molecule has 0 radical (unpaired) electrons. The van der Waals surface area contributed by atoms with Gasteiger partial charge in [0.05, 0.1) is 5.75 Å². The van der Waals surface area contributed by atoms with E-state index in [2.05, 4.69) is 21.7 Å². The zero-order valence-electron chi connectivity index (χ0n) is 17.4. The van der Waals surface area contributed by atoms with E-state index in [0.29, 0.717) is 23.8 Å². The largest absolute Gasteiger partial charge is 0.328 e. The topological polar surface area (TPSA) is 68.1 Å². The molecule has 2 aliphatic rings. The van der Waals surface area contributed by atoms with Crippen molar-refractivity contribution in [1.29, 1.82) is 0 Å². The minimum absolute atomic E-state index is 0.0652. The lowest BCUT2D eigenvalue weighted by Crippen LogP contribution is -2.54. The molecule has 2 saturated carbocycles. The summed E-state index contributed by atoms with van der Waals surface area (Å²) >= 11 is 7.89. The molecule has 2 fully saturated rings. The molecule has 160 valence electrons. The summed E-state index contributed by atoms with van der Waals surface area (Å²) in [7, 11) is 1.73. The quantitative estimate of drug-likeness (QED) is 0.589. The van der Waals surface area contributed by atoms with E-state index < -0.39 is 5.54 Å². The maximum atomic E-state index is 13.3. The molecule has 1 amide bonds. The Morgan fingerprint density at radius 3 is 2.73 bits per heavy atom. The molecule has 2 aromatic rings. The lowest BCUT2D eigenvalue weighted by atomic mass is 9.74. The maximum absolute atomic E-state index is 13.3. The number of ketones is 1. The van der Waals surface area contributed by atoms with Gasteiger partial charge in [-0.2, -0.15) is 0 Å². The van der Waals surface area contributed by atoms with Crippen molar-refractivity contribution >= 4 is 35.1 Å². The second-order valence-corrected chi connectivity index (χ2v) is 9.42. The van der Waals surface area contributed by atoms with Gasteiger partial charge in [-0.3, -0.25) is 9.59 Å². The summed E-state index contributed by atoms with van der Waals surface area (Å²) in [5.41, 5.74) is -0.267. The summed E-state index contributed by atoms with van der Waals surface area (Å²) < 4.78 is 2.10. The third-order valence-electron chi connectivity index (χ3n) is 6.25. The first-order valence-electron chi connectivity index (χ1n) is 10.6. The number of hydrogen-bond acceptors (Lipinski definition) is 5. The van der Waals surface area contributed by atoms with Gasteiger partial charge in [-0.25, -0.2) is 0 Å². The van der Waals surface area contributed by atoms with E-state index in [0.717, 1.165) is 48.8 Å². The molecule has 0 N–H and O–H groups in total. The fraction of sp³-hybridized carbons (Fsp3) is 0.545. The van der Waals surface area contributed by atoms with Crippen LogP contribution in [-0.2, 0) is 21.7 Å². The lowest BCUT2D eigenvalue weighted by molar-refractivity contribution is -0.146. The molecule has 4 rings (SSSR count). The van der Waals surface area contributed by atoms with Crippen molar-refractivity contribution in [2.75, 3.05) is 12.8 Å². The molecule has 30 heavy (non-hydrogen) atoms. The molecular formula is C22H27ClN4O2S. The SMILES string of the molecule is CCn1c(SCC(=O)N(C)C2(c3ccccc3Cl)CCCCC2=O)nnc1C1CC1. The molecule has 0 aliphatic heterocycles. The van der Waals surface area contributed by atoms with Gasteiger partial charge < -0.3 is 9.47 Å². The third-order valence-corrected chi connectivity index (χ3v) is 7.53. The minimum Gasteiger partial charge on any atom is -0.328 e. The molecule has 0 saturated heterocycles. The van der Waals surface area contributed by atoms with Gasteiger partial charge in [-0.05, 0) is 45.1 Å². The van der Waals surface area contributed by atoms with Gasteiger partial charge in [-0.1, -0.05) is 41.6 Å². The molecule has 1 atom stereocenters. The smallest absolute Gasteiger partial charge is 0.233 e. The highest BCUT2D eigenvalue weighted by Gasteiger charge is 2.47. The van der Waals surface area contributed by atoms with Gasteiger partial charge in [0.15, 0.2) is 10.9 Å². The van der Waals surface area contributed by atoms with E-state index in [4.69, 9.17) is 11.6 Å². The highest BCUT2D eigenvalue weighted by atomic mass is 35.5. The first-order valence-corrected chi connectivity index (χ1v) is 12.0. The summed E-state index contributed by atoms with van der Waals surface area (Å²) in [5.74, 6) is 1.70. The summed E-state index contributed by atoms with van der Waals surface area (Å²) in [6, 6.07) is 7.38. The molecule has 1 aromatic carbocycles. The maximum Gasteiger partial charge on any atom is 0.233 e. The van der Waals surface area contributed by atoms with Gasteiger partial charge in [0, 0.05) is 36.5 Å². The van der Waals surface area contributed by atoms with E-state index in [1.165, 1.54) is 11.8 Å². The molecule has 1 unspecified atom stereocenters. The number of thioether (sulfide) groups is 1. The predicted molar refractivity (Wildman–Crippen MR) is 118 cm³/mol.